The molecule has 106 valence electrons. The maximum absolute atomic E-state index is 11.9. The second-order valence-corrected chi connectivity index (χ2v) is 7.04. The molecule has 1 rings (SSSR count). The van der Waals surface area contributed by atoms with Crippen LogP contribution in [0.4, 0.5) is 0 Å². The Kier molecular flexibility index (Phi) is 5.04. The number of carbonyl (C=O) groups is 2. The molecular formula is C10H13NO6S2. The third-order valence-corrected chi connectivity index (χ3v) is 5.19. The fourth-order valence-electron chi connectivity index (χ4n) is 1.30. The fraction of sp³-hybridized carbons (Fsp3) is 0.400. The first kappa shape index (κ1) is 15.6. The molecule has 19 heavy (non-hydrogen) atoms. The minimum atomic E-state index is -3.94. The highest BCUT2D eigenvalue weighted by Crippen LogP contribution is 2.21. The van der Waals surface area contributed by atoms with E-state index in [1.165, 1.54) is 6.07 Å². The van der Waals surface area contributed by atoms with Gasteiger partial charge in [0.25, 0.3) is 10.0 Å². The molecule has 1 aromatic rings. The van der Waals surface area contributed by atoms with E-state index in [4.69, 9.17) is 10.2 Å². The number of hydrogen-bond donors (Lipinski definition) is 3. The Labute approximate surface area is 113 Å². The number of aryl methyl sites for hydroxylation is 1. The van der Waals surface area contributed by atoms with Crippen LogP contribution in [-0.4, -0.2) is 36.6 Å². The maximum Gasteiger partial charge on any atom is 0.321 e. The highest BCUT2D eigenvalue weighted by atomic mass is 32.2. The van der Waals surface area contributed by atoms with Gasteiger partial charge in [0.15, 0.2) is 0 Å². The van der Waals surface area contributed by atoms with Gasteiger partial charge < -0.3 is 10.2 Å². The van der Waals surface area contributed by atoms with Gasteiger partial charge in [-0.1, -0.05) is 0 Å². The van der Waals surface area contributed by atoms with E-state index < -0.39 is 34.4 Å². The van der Waals surface area contributed by atoms with Gasteiger partial charge in [-0.3, -0.25) is 9.59 Å². The van der Waals surface area contributed by atoms with Crippen molar-refractivity contribution in [3.8, 4) is 0 Å². The summed E-state index contributed by atoms with van der Waals surface area (Å²) in [7, 11) is -3.94. The first-order valence-electron chi connectivity index (χ1n) is 5.26. The van der Waals surface area contributed by atoms with E-state index >= 15 is 0 Å². The van der Waals surface area contributed by atoms with E-state index in [2.05, 4.69) is 0 Å². The van der Waals surface area contributed by atoms with Crippen molar-refractivity contribution >= 4 is 33.3 Å². The van der Waals surface area contributed by atoms with Crippen molar-refractivity contribution in [3.63, 3.8) is 0 Å². The van der Waals surface area contributed by atoms with Gasteiger partial charge in [0.05, 0.1) is 0 Å². The lowest BCUT2D eigenvalue weighted by molar-refractivity contribution is -0.140. The van der Waals surface area contributed by atoms with Gasteiger partial charge in [-0.25, -0.2) is 8.42 Å². The summed E-state index contributed by atoms with van der Waals surface area (Å²) in [6.45, 7) is 1.72. The quantitative estimate of drug-likeness (QED) is 0.680. The molecule has 0 fully saturated rings. The zero-order valence-electron chi connectivity index (χ0n) is 9.99. The maximum atomic E-state index is 11.9. The van der Waals surface area contributed by atoms with Gasteiger partial charge in [0.2, 0.25) is 0 Å². The van der Waals surface area contributed by atoms with Gasteiger partial charge in [0.1, 0.15) is 10.3 Å². The Morgan fingerprint density at radius 2 is 2.00 bits per heavy atom. The zero-order valence-corrected chi connectivity index (χ0v) is 11.6. The largest absolute Gasteiger partial charge is 0.481 e. The molecule has 9 heteroatoms. The lowest BCUT2D eigenvalue weighted by Crippen LogP contribution is -2.40. The topological polar surface area (TPSA) is 121 Å². The summed E-state index contributed by atoms with van der Waals surface area (Å²) in [6, 6.07) is 1.52. The van der Waals surface area contributed by atoms with Crippen molar-refractivity contribution in [1.29, 1.82) is 0 Å². The van der Waals surface area contributed by atoms with Crippen LogP contribution in [0, 0.1) is 6.92 Å². The molecule has 0 aliphatic heterocycles. The molecule has 0 aliphatic rings. The molecule has 0 aliphatic carbocycles. The minimum absolute atomic E-state index is 0.00609. The third kappa shape index (κ3) is 4.62. The van der Waals surface area contributed by atoms with Crippen molar-refractivity contribution in [2.75, 3.05) is 0 Å². The van der Waals surface area contributed by atoms with Crippen molar-refractivity contribution in [1.82, 2.24) is 4.72 Å². The standard InChI is InChI=1S/C10H13NO6S2/c1-6-2-5-9(18-6)19(16,17)11-7(10(14)15)3-4-8(12)13/h2,5,7,11H,3-4H2,1H3,(H,12,13)(H,14,15)/t7-/m0/s1. The van der Waals surface area contributed by atoms with Crippen LogP contribution in [0.3, 0.4) is 0 Å². The molecule has 1 heterocycles. The van der Waals surface area contributed by atoms with Crippen molar-refractivity contribution in [2.45, 2.75) is 30.0 Å². The highest BCUT2D eigenvalue weighted by Gasteiger charge is 2.26. The average molecular weight is 307 g/mol. The molecular weight excluding hydrogens is 294 g/mol. The van der Waals surface area contributed by atoms with Crippen molar-refractivity contribution < 1.29 is 28.2 Å². The van der Waals surface area contributed by atoms with Crippen LogP contribution in [0.25, 0.3) is 0 Å². The van der Waals surface area contributed by atoms with Gasteiger partial charge in [-0.15, -0.1) is 11.3 Å². The third-order valence-electron chi connectivity index (χ3n) is 2.22. The molecule has 0 bridgehead atoms. The summed E-state index contributed by atoms with van der Waals surface area (Å²) < 4.78 is 25.8. The predicted octanol–water partition coefficient (Wildman–Crippen LogP) is 0.653. The molecule has 0 spiro atoms. The molecule has 0 saturated carbocycles. The molecule has 0 unspecified atom stereocenters. The van der Waals surface area contributed by atoms with Crippen LogP contribution in [-0.2, 0) is 19.6 Å². The zero-order chi connectivity index (χ0) is 14.6. The normalized spacial score (nSPS) is 13.1. The Balaban J connectivity index is 2.84. The van der Waals surface area contributed by atoms with Crippen molar-refractivity contribution in [2.24, 2.45) is 0 Å². The number of thiophene rings is 1. The molecule has 0 radical (unpaired) electrons. The summed E-state index contributed by atoms with van der Waals surface area (Å²) in [5, 5.41) is 17.4. The van der Waals surface area contributed by atoms with Crippen molar-refractivity contribution in [3.05, 3.63) is 17.0 Å². The minimum Gasteiger partial charge on any atom is -0.481 e. The van der Waals surface area contributed by atoms with Crippen LogP contribution >= 0.6 is 11.3 Å². The number of hydrogen-bond acceptors (Lipinski definition) is 5. The summed E-state index contributed by atoms with van der Waals surface area (Å²) >= 11 is 1.01. The highest BCUT2D eigenvalue weighted by molar-refractivity contribution is 7.91. The van der Waals surface area contributed by atoms with Gasteiger partial charge in [-0.2, -0.15) is 4.72 Å². The Hall–Kier alpha value is -1.45. The first-order chi connectivity index (χ1) is 8.72. The number of aliphatic carboxylic acids is 2. The molecule has 3 N–H and O–H groups in total. The molecule has 0 aromatic carbocycles. The number of sulfonamides is 1. The second-order valence-electron chi connectivity index (χ2n) is 3.81. The van der Waals surface area contributed by atoms with Gasteiger partial charge >= 0.3 is 11.9 Å². The van der Waals surface area contributed by atoms with Crippen LogP contribution in [0.2, 0.25) is 0 Å². The summed E-state index contributed by atoms with van der Waals surface area (Å²) in [5.74, 6) is -2.59. The summed E-state index contributed by atoms with van der Waals surface area (Å²) in [6.07, 6.45) is -0.739. The van der Waals surface area contributed by atoms with E-state index in [0.717, 1.165) is 16.2 Å². The summed E-state index contributed by atoms with van der Waals surface area (Å²) in [4.78, 5) is 22.1. The second kappa shape index (κ2) is 6.13. The van der Waals surface area contributed by atoms with E-state index in [-0.39, 0.29) is 10.6 Å². The predicted molar refractivity (Wildman–Crippen MR) is 67.7 cm³/mol. The average Bonchev–Trinajstić information content (AvgIpc) is 2.71. The number of carboxylic acids is 2. The first-order valence-corrected chi connectivity index (χ1v) is 7.55. The monoisotopic (exact) mass is 307 g/mol. The van der Waals surface area contributed by atoms with E-state index in [1.807, 2.05) is 4.72 Å². The molecule has 1 aromatic heterocycles. The van der Waals surface area contributed by atoms with E-state index in [9.17, 15) is 18.0 Å². The van der Waals surface area contributed by atoms with Crippen LogP contribution in [0.1, 0.15) is 17.7 Å². The van der Waals surface area contributed by atoms with Crippen LogP contribution in [0.5, 0.6) is 0 Å². The lowest BCUT2D eigenvalue weighted by atomic mass is 10.2. The molecule has 1 atom stereocenters. The number of carboxylic acid groups (broad SMARTS) is 2. The Morgan fingerprint density at radius 1 is 1.37 bits per heavy atom. The van der Waals surface area contributed by atoms with Crippen LogP contribution in [0.15, 0.2) is 16.3 Å². The molecule has 0 amide bonds. The lowest BCUT2D eigenvalue weighted by Gasteiger charge is -2.12. The van der Waals surface area contributed by atoms with Gasteiger partial charge in [0, 0.05) is 11.3 Å². The van der Waals surface area contributed by atoms with Gasteiger partial charge in [-0.05, 0) is 25.5 Å². The Morgan fingerprint density at radius 3 is 2.42 bits per heavy atom. The fourth-order valence-corrected chi connectivity index (χ4v) is 3.83. The van der Waals surface area contributed by atoms with Crippen LogP contribution < -0.4 is 4.72 Å². The number of rotatable bonds is 7. The van der Waals surface area contributed by atoms with E-state index in [0.29, 0.717) is 0 Å². The number of nitrogens with one attached hydrogen (secondary N) is 1. The van der Waals surface area contributed by atoms with E-state index in [1.54, 1.807) is 13.0 Å². The molecule has 7 nitrogen and oxygen atoms in total. The molecule has 0 saturated heterocycles. The Bertz CT molecular complexity index is 577. The smallest absolute Gasteiger partial charge is 0.321 e. The SMILES string of the molecule is Cc1ccc(S(=O)(=O)N[C@@H](CCC(=O)O)C(=O)O)s1. The summed E-state index contributed by atoms with van der Waals surface area (Å²) in [5.41, 5.74) is 0.